The minimum atomic E-state index is -4.32. The van der Waals surface area contributed by atoms with Crippen LogP contribution in [0.2, 0.25) is 0 Å². The van der Waals surface area contributed by atoms with Crippen LogP contribution in [0.25, 0.3) is 0 Å². The van der Waals surface area contributed by atoms with Gasteiger partial charge in [0.05, 0.1) is 11.6 Å². The number of piperidine rings is 1. The van der Waals surface area contributed by atoms with Gasteiger partial charge >= 0.3 is 6.18 Å². The summed E-state index contributed by atoms with van der Waals surface area (Å²) in [6.07, 6.45) is -0.943. The summed E-state index contributed by atoms with van der Waals surface area (Å²) >= 11 is 0. The monoisotopic (exact) mass is 341 g/mol. The number of nitrogens with one attached hydrogen (secondary N) is 2. The van der Waals surface area contributed by atoms with Gasteiger partial charge in [-0.2, -0.15) is 13.2 Å². The zero-order valence-electron chi connectivity index (χ0n) is 13.4. The maximum absolute atomic E-state index is 12.8. The summed E-state index contributed by atoms with van der Waals surface area (Å²) in [7, 11) is 0. The molecule has 3 rings (SSSR count). The molecule has 0 aromatic heterocycles. The zero-order chi connectivity index (χ0) is 17.2. The lowest BCUT2D eigenvalue weighted by atomic mass is 10.0. The topological polar surface area (TPSA) is 44.4 Å². The first kappa shape index (κ1) is 17.1. The molecule has 0 bridgehead atoms. The van der Waals surface area contributed by atoms with E-state index in [2.05, 4.69) is 10.6 Å². The molecule has 2 N–H and O–H groups in total. The van der Waals surface area contributed by atoms with Crippen LogP contribution < -0.4 is 15.5 Å². The Hall–Kier alpha value is -1.76. The number of halogens is 3. The van der Waals surface area contributed by atoms with Gasteiger partial charge in [0.15, 0.2) is 0 Å². The molecule has 1 aromatic rings. The summed E-state index contributed by atoms with van der Waals surface area (Å²) < 4.78 is 38.4. The lowest BCUT2D eigenvalue weighted by Crippen LogP contribution is -2.49. The van der Waals surface area contributed by atoms with Crippen LogP contribution in [-0.4, -0.2) is 37.6 Å². The SMILES string of the molecule is O=C(NC1CCN(c2cccc(C(F)(F)F)c2)CC1)[C@H]1CCCN1. The standard InChI is InChI=1S/C17H22F3N3O/c18-17(19,20)12-3-1-4-14(11-12)23-9-6-13(7-10-23)22-16(24)15-5-2-8-21-15/h1,3-4,11,13,15,21H,2,5-10H2,(H,22,24)/t15-/m1/s1. The second kappa shape index (κ2) is 7.01. The van der Waals surface area contributed by atoms with E-state index in [4.69, 9.17) is 0 Å². The van der Waals surface area contributed by atoms with E-state index in [9.17, 15) is 18.0 Å². The molecule has 0 aliphatic carbocycles. The van der Waals surface area contributed by atoms with Crippen LogP contribution in [-0.2, 0) is 11.0 Å². The fourth-order valence-electron chi connectivity index (χ4n) is 3.37. The molecular weight excluding hydrogens is 319 g/mol. The first-order valence-corrected chi connectivity index (χ1v) is 8.39. The second-order valence-corrected chi connectivity index (χ2v) is 6.47. The molecule has 2 fully saturated rings. The number of hydrogen-bond acceptors (Lipinski definition) is 3. The molecule has 2 aliphatic heterocycles. The third kappa shape index (κ3) is 4.01. The Balaban J connectivity index is 1.54. The maximum Gasteiger partial charge on any atom is 0.416 e. The van der Waals surface area contributed by atoms with Gasteiger partial charge in [-0.15, -0.1) is 0 Å². The molecule has 7 heteroatoms. The summed E-state index contributed by atoms with van der Waals surface area (Å²) in [6, 6.07) is 5.44. The number of nitrogens with zero attached hydrogens (tertiary/aromatic N) is 1. The highest BCUT2D eigenvalue weighted by Crippen LogP contribution is 2.32. The number of rotatable bonds is 3. The predicted molar refractivity (Wildman–Crippen MR) is 85.8 cm³/mol. The minimum Gasteiger partial charge on any atom is -0.371 e. The van der Waals surface area contributed by atoms with Crippen molar-refractivity contribution in [3.05, 3.63) is 29.8 Å². The van der Waals surface area contributed by atoms with Crippen molar-refractivity contribution in [1.29, 1.82) is 0 Å². The summed E-state index contributed by atoms with van der Waals surface area (Å²) in [5.41, 5.74) is -0.0326. The van der Waals surface area contributed by atoms with Gasteiger partial charge in [0.1, 0.15) is 0 Å². The van der Waals surface area contributed by atoms with Crippen LogP contribution >= 0.6 is 0 Å². The molecule has 132 valence electrons. The Kier molecular flexibility index (Phi) is 4.99. The first-order chi connectivity index (χ1) is 11.4. The number of anilines is 1. The van der Waals surface area contributed by atoms with Gasteiger partial charge in [-0.25, -0.2) is 0 Å². The third-order valence-corrected chi connectivity index (χ3v) is 4.76. The summed E-state index contributed by atoms with van der Waals surface area (Å²) in [4.78, 5) is 14.1. The number of carbonyl (C=O) groups is 1. The molecule has 2 saturated heterocycles. The quantitative estimate of drug-likeness (QED) is 0.888. The predicted octanol–water partition coefficient (Wildman–Crippen LogP) is 2.54. The van der Waals surface area contributed by atoms with Crippen molar-refractivity contribution in [2.75, 3.05) is 24.5 Å². The lowest BCUT2D eigenvalue weighted by molar-refractivity contribution is -0.137. The first-order valence-electron chi connectivity index (χ1n) is 8.39. The maximum atomic E-state index is 12.8. The van der Waals surface area contributed by atoms with Gasteiger partial charge in [0.25, 0.3) is 0 Å². The molecule has 1 atom stereocenters. The van der Waals surface area contributed by atoms with Crippen LogP contribution in [0.15, 0.2) is 24.3 Å². The average Bonchev–Trinajstić information content (AvgIpc) is 3.09. The Morgan fingerprint density at radius 1 is 1.21 bits per heavy atom. The van der Waals surface area contributed by atoms with Gasteiger partial charge in [-0.1, -0.05) is 6.07 Å². The number of benzene rings is 1. The Labute approximate surface area is 139 Å². The van der Waals surface area contributed by atoms with Gasteiger partial charge in [0.2, 0.25) is 5.91 Å². The Morgan fingerprint density at radius 3 is 2.58 bits per heavy atom. The molecule has 0 spiro atoms. The van der Waals surface area contributed by atoms with Gasteiger partial charge in [-0.3, -0.25) is 4.79 Å². The number of amides is 1. The van der Waals surface area contributed by atoms with E-state index in [0.29, 0.717) is 18.8 Å². The smallest absolute Gasteiger partial charge is 0.371 e. The fourth-order valence-corrected chi connectivity index (χ4v) is 3.37. The van der Waals surface area contributed by atoms with E-state index < -0.39 is 11.7 Å². The van der Waals surface area contributed by atoms with E-state index in [1.54, 1.807) is 6.07 Å². The van der Waals surface area contributed by atoms with Crippen LogP contribution in [0.3, 0.4) is 0 Å². The lowest BCUT2D eigenvalue weighted by Gasteiger charge is -2.34. The molecule has 24 heavy (non-hydrogen) atoms. The highest BCUT2D eigenvalue weighted by atomic mass is 19.4. The molecule has 0 radical (unpaired) electrons. The minimum absolute atomic E-state index is 0.0463. The van der Waals surface area contributed by atoms with Crippen LogP contribution in [0.4, 0.5) is 18.9 Å². The fraction of sp³-hybridized carbons (Fsp3) is 0.588. The highest BCUT2D eigenvalue weighted by molar-refractivity contribution is 5.82. The average molecular weight is 341 g/mol. The van der Waals surface area contributed by atoms with Crippen LogP contribution in [0, 0.1) is 0 Å². The summed E-state index contributed by atoms with van der Waals surface area (Å²) in [6.45, 7) is 2.17. The van der Waals surface area contributed by atoms with Crippen molar-refractivity contribution in [3.8, 4) is 0 Å². The summed E-state index contributed by atoms with van der Waals surface area (Å²) in [5, 5.41) is 6.23. The van der Waals surface area contributed by atoms with Gasteiger partial charge in [0, 0.05) is 24.8 Å². The number of alkyl halides is 3. The highest BCUT2D eigenvalue weighted by Gasteiger charge is 2.31. The molecule has 1 aromatic carbocycles. The zero-order valence-corrected chi connectivity index (χ0v) is 13.4. The molecule has 0 unspecified atom stereocenters. The second-order valence-electron chi connectivity index (χ2n) is 6.47. The largest absolute Gasteiger partial charge is 0.416 e. The van der Waals surface area contributed by atoms with Crippen molar-refractivity contribution < 1.29 is 18.0 Å². The van der Waals surface area contributed by atoms with Crippen LogP contribution in [0.5, 0.6) is 0 Å². The van der Waals surface area contributed by atoms with Crippen molar-refractivity contribution >= 4 is 11.6 Å². The van der Waals surface area contributed by atoms with Gasteiger partial charge in [-0.05, 0) is 50.4 Å². The normalized spacial score (nSPS) is 22.6. The van der Waals surface area contributed by atoms with Crippen molar-refractivity contribution in [2.24, 2.45) is 0 Å². The van der Waals surface area contributed by atoms with Crippen LogP contribution in [0.1, 0.15) is 31.2 Å². The summed E-state index contributed by atoms with van der Waals surface area (Å²) in [5.74, 6) is 0.0463. The van der Waals surface area contributed by atoms with E-state index in [1.807, 2.05) is 4.90 Å². The molecule has 2 heterocycles. The Bertz CT molecular complexity index is 577. The molecule has 2 aliphatic rings. The van der Waals surface area contributed by atoms with E-state index in [-0.39, 0.29) is 18.0 Å². The van der Waals surface area contributed by atoms with Crippen molar-refractivity contribution in [1.82, 2.24) is 10.6 Å². The third-order valence-electron chi connectivity index (χ3n) is 4.76. The molecular formula is C17H22F3N3O. The van der Waals surface area contributed by atoms with Crippen molar-refractivity contribution in [2.45, 2.75) is 43.9 Å². The van der Waals surface area contributed by atoms with E-state index in [0.717, 1.165) is 38.3 Å². The van der Waals surface area contributed by atoms with Crippen molar-refractivity contribution in [3.63, 3.8) is 0 Å². The number of hydrogen-bond donors (Lipinski definition) is 2. The van der Waals surface area contributed by atoms with E-state index >= 15 is 0 Å². The molecule has 4 nitrogen and oxygen atoms in total. The molecule has 0 saturated carbocycles. The van der Waals surface area contributed by atoms with E-state index in [1.165, 1.54) is 12.1 Å². The van der Waals surface area contributed by atoms with Gasteiger partial charge < -0.3 is 15.5 Å². The Morgan fingerprint density at radius 2 is 1.96 bits per heavy atom. The number of carbonyl (C=O) groups excluding carboxylic acids is 1. The molecule has 1 amide bonds.